The van der Waals surface area contributed by atoms with Crippen LogP contribution in [0.2, 0.25) is 0 Å². The maximum absolute atomic E-state index is 13.0. The Hall–Kier alpha value is -2.55. The zero-order chi connectivity index (χ0) is 19.5. The van der Waals surface area contributed by atoms with Gasteiger partial charge in [-0.05, 0) is 25.8 Å². The maximum Gasteiger partial charge on any atom is 0.309 e. The molecule has 2 aromatic rings. The Morgan fingerprint density at radius 3 is 2.89 bits per heavy atom. The van der Waals surface area contributed by atoms with E-state index < -0.39 is 0 Å². The third kappa shape index (κ3) is 3.71. The monoisotopic (exact) mass is 401 g/mol. The molecular formula is C19H23N5O3S. The molecule has 8 nitrogen and oxygen atoms in total. The second kappa shape index (κ2) is 8.22. The average molecular weight is 401 g/mol. The molecular weight excluding hydrogens is 378 g/mol. The van der Waals surface area contributed by atoms with Crippen molar-refractivity contribution in [2.24, 2.45) is 5.92 Å². The van der Waals surface area contributed by atoms with Crippen molar-refractivity contribution in [2.75, 3.05) is 36.9 Å². The molecule has 1 amide bonds. The van der Waals surface area contributed by atoms with Gasteiger partial charge in [-0.3, -0.25) is 9.59 Å². The number of fused-ring (bicyclic) bond motifs is 1. The molecule has 0 atom stereocenters. The van der Waals surface area contributed by atoms with Gasteiger partial charge in [0.25, 0.3) is 5.91 Å². The molecule has 0 unspecified atom stereocenters. The zero-order valence-corrected chi connectivity index (χ0v) is 16.6. The van der Waals surface area contributed by atoms with Gasteiger partial charge in [-0.25, -0.2) is 9.97 Å². The first-order chi connectivity index (χ1) is 13.7. The number of rotatable bonds is 4. The van der Waals surface area contributed by atoms with Crippen molar-refractivity contribution < 1.29 is 14.3 Å². The van der Waals surface area contributed by atoms with Gasteiger partial charge >= 0.3 is 5.97 Å². The fraction of sp³-hybridized carbons (Fsp3) is 0.474. The lowest BCUT2D eigenvalue weighted by atomic mass is 9.97. The molecule has 2 aliphatic rings. The van der Waals surface area contributed by atoms with E-state index in [-0.39, 0.29) is 17.8 Å². The highest BCUT2D eigenvalue weighted by molar-refractivity contribution is 8.04. The molecule has 0 radical (unpaired) electrons. The number of H-pyrrole nitrogens is 1. The normalized spacial score (nSPS) is 18.2. The van der Waals surface area contributed by atoms with Crippen LogP contribution in [0, 0.1) is 5.92 Å². The Morgan fingerprint density at radius 1 is 1.29 bits per heavy atom. The first-order valence-electron chi connectivity index (χ1n) is 9.52. The number of piperidine rings is 1. The average Bonchev–Trinajstić information content (AvgIpc) is 3.22. The van der Waals surface area contributed by atoms with Crippen LogP contribution in [0.3, 0.4) is 0 Å². The SMILES string of the molecule is CCOC(=O)C1CCN(C(=O)C2=CN(c3ncnc4[nH]ccc34)CCS2)CC1. The van der Waals surface area contributed by atoms with Crippen LogP contribution >= 0.6 is 11.8 Å². The third-order valence-corrected chi connectivity index (χ3v) is 6.06. The van der Waals surface area contributed by atoms with Crippen LogP contribution < -0.4 is 4.90 Å². The van der Waals surface area contributed by atoms with Crippen molar-refractivity contribution in [3.8, 4) is 0 Å². The minimum Gasteiger partial charge on any atom is -0.466 e. The smallest absolute Gasteiger partial charge is 0.309 e. The number of thioether (sulfide) groups is 1. The summed E-state index contributed by atoms with van der Waals surface area (Å²) >= 11 is 1.57. The van der Waals surface area contributed by atoms with Gasteiger partial charge in [0.2, 0.25) is 0 Å². The predicted octanol–water partition coefficient (Wildman–Crippen LogP) is 2.15. The quantitative estimate of drug-likeness (QED) is 0.785. The van der Waals surface area contributed by atoms with Crippen LogP contribution in [0.15, 0.2) is 29.7 Å². The number of ether oxygens (including phenoxy) is 1. The van der Waals surface area contributed by atoms with Crippen LogP contribution in [0.1, 0.15) is 19.8 Å². The molecule has 1 saturated heterocycles. The first-order valence-corrected chi connectivity index (χ1v) is 10.5. The Kier molecular flexibility index (Phi) is 5.52. The topological polar surface area (TPSA) is 91.4 Å². The molecule has 148 valence electrons. The third-order valence-electron chi connectivity index (χ3n) is 5.08. The van der Waals surface area contributed by atoms with Gasteiger partial charge in [-0.15, -0.1) is 11.8 Å². The van der Waals surface area contributed by atoms with E-state index in [0.717, 1.165) is 29.1 Å². The zero-order valence-electron chi connectivity index (χ0n) is 15.8. The number of aromatic amines is 1. The molecule has 1 fully saturated rings. The van der Waals surface area contributed by atoms with Crippen molar-refractivity contribution in [1.29, 1.82) is 0 Å². The van der Waals surface area contributed by atoms with Gasteiger partial charge < -0.3 is 19.5 Å². The number of likely N-dealkylation sites (tertiary alicyclic amines) is 1. The first kappa shape index (κ1) is 18.8. The standard InChI is InChI=1S/C19H23N5O3S/c1-2-27-19(26)13-4-7-23(8-5-13)18(25)15-11-24(9-10-28-15)17-14-3-6-20-16(14)21-12-22-17/h3,6,11-13H,2,4-5,7-10H2,1H3,(H,20,21,22). The number of amides is 1. The lowest BCUT2D eigenvalue weighted by Gasteiger charge is -2.33. The van der Waals surface area contributed by atoms with Gasteiger partial charge in [0.1, 0.15) is 17.8 Å². The predicted molar refractivity (Wildman–Crippen MR) is 108 cm³/mol. The second-order valence-electron chi connectivity index (χ2n) is 6.79. The summed E-state index contributed by atoms with van der Waals surface area (Å²) in [7, 11) is 0. The summed E-state index contributed by atoms with van der Waals surface area (Å²) in [6.07, 6.45) is 6.57. The molecule has 28 heavy (non-hydrogen) atoms. The van der Waals surface area contributed by atoms with E-state index >= 15 is 0 Å². The highest BCUT2D eigenvalue weighted by Crippen LogP contribution is 2.31. The van der Waals surface area contributed by atoms with E-state index in [1.807, 2.05) is 35.2 Å². The van der Waals surface area contributed by atoms with Gasteiger partial charge in [0.15, 0.2) is 0 Å². The van der Waals surface area contributed by atoms with Crippen molar-refractivity contribution in [2.45, 2.75) is 19.8 Å². The Morgan fingerprint density at radius 2 is 2.11 bits per heavy atom. The molecule has 0 bridgehead atoms. The molecule has 0 aromatic carbocycles. The maximum atomic E-state index is 13.0. The number of aromatic nitrogens is 3. The number of esters is 1. The van der Waals surface area contributed by atoms with E-state index in [1.54, 1.807) is 11.8 Å². The minimum atomic E-state index is -0.147. The highest BCUT2D eigenvalue weighted by Gasteiger charge is 2.30. The summed E-state index contributed by atoms with van der Waals surface area (Å²) in [6.45, 7) is 4.15. The number of carbonyl (C=O) groups is 2. The van der Waals surface area contributed by atoms with E-state index in [0.29, 0.717) is 37.4 Å². The summed E-state index contributed by atoms with van der Waals surface area (Å²) in [5.41, 5.74) is 0.783. The minimum absolute atomic E-state index is 0.0244. The van der Waals surface area contributed by atoms with Crippen LogP contribution in [0.25, 0.3) is 11.0 Å². The molecule has 0 spiro atoms. The van der Waals surface area contributed by atoms with E-state index in [9.17, 15) is 9.59 Å². The van der Waals surface area contributed by atoms with Crippen molar-refractivity contribution >= 4 is 40.5 Å². The van der Waals surface area contributed by atoms with Crippen molar-refractivity contribution in [3.63, 3.8) is 0 Å². The van der Waals surface area contributed by atoms with Crippen LogP contribution in [0.4, 0.5) is 5.82 Å². The molecule has 0 aliphatic carbocycles. The van der Waals surface area contributed by atoms with Crippen LogP contribution in [-0.4, -0.2) is 63.7 Å². The number of carbonyl (C=O) groups excluding carboxylic acids is 2. The Balaban J connectivity index is 1.46. The fourth-order valence-electron chi connectivity index (χ4n) is 3.60. The summed E-state index contributed by atoms with van der Waals surface area (Å²) in [4.78, 5) is 41.2. The van der Waals surface area contributed by atoms with Crippen molar-refractivity contribution in [1.82, 2.24) is 19.9 Å². The van der Waals surface area contributed by atoms with Crippen LogP contribution in [0.5, 0.6) is 0 Å². The Labute approximate surface area is 167 Å². The largest absolute Gasteiger partial charge is 0.466 e. The van der Waals surface area contributed by atoms with Crippen LogP contribution in [-0.2, 0) is 14.3 Å². The molecule has 2 aliphatic heterocycles. The van der Waals surface area contributed by atoms with E-state index in [2.05, 4.69) is 15.0 Å². The lowest BCUT2D eigenvalue weighted by Crippen LogP contribution is -2.42. The number of nitrogens with zero attached hydrogens (tertiary/aromatic N) is 4. The molecule has 1 N–H and O–H groups in total. The number of nitrogens with one attached hydrogen (secondary N) is 1. The summed E-state index contributed by atoms with van der Waals surface area (Å²) in [5, 5.41) is 0.938. The molecule has 4 heterocycles. The fourth-order valence-corrected chi connectivity index (χ4v) is 4.57. The van der Waals surface area contributed by atoms with E-state index in [1.165, 1.54) is 6.33 Å². The number of hydrogen-bond acceptors (Lipinski definition) is 7. The van der Waals surface area contributed by atoms with Gasteiger partial charge in [-0.2, -0.15) is 0 Å². The molecule has 4 rings (SSSR count). The lowest BCUT2D eigenvalue weighted by molar-refractivity contribution is -0.150. The van der Waals surface area contributed by atoms with Gasteiger partial charge in [0.05, 0.1) is 22.8 Å². The summed E-state index contributed by atoms with van der Waals surface area (Å²) < 4.78 is 5.11. The number of anilines is 1. The second-order valence-corrected chi connectivity index (χ2v) is 7.93. The summed E-state index contributed by atoms with van der Waals surface area (Å²) in [5.74, 6) is 1.39. The Bertz CT molecular complexity index is 904. The van der Waals surface area contributed by atoms with Gasteiger partial charge in [0, 0.05) is 37.8 Å². The number of hydrogen-bond donors (Lipinski definition) is 1. The van der Waals surface area contributed by atoms with Crippen molar-refractivity contribution in [3.05, 3.63) is 29.7 Å². The van der Waals surface area contributed by atoms with E-state index in [4.69, 9.17) is 4.74 Å². The summed E-state index contributed by atoms with van der Waals surface area (Å²) in [6, 6.07) is 1.95. The molecule has 0 saturated carbocycles. The van der Waals surface area contributed by atoms with Gasteiger partial charge in [-0.1, -0.05) is 0 Å². The molecule has 2 aromatic heterocycles. The highest BCUT2D eigenvalue weighted by atomic mass is 32.2. The molecule has 9 heteroatoms.